The minimum Gasteiger partial charge on any atom is -0.508 e. The zero-order valence-corrected chi connectivity index (χ0v) is 16.2. The molecule has 0 fully saturated rings. The summed E-state index contributed by atoms with van der Waals surface area (Å²) in [5, 5.41) is 12.6. The van der Waals surface area contributed by atoms with Gasteiger partial charge in [0, 0.05) is 6.54 Å². The van der Waals surface area contributed by atoms with Crippen molar-refractivity contribution < 1.29 is 14.6 Å². The first-order valence-corrected chi connectivity index (χ1v) is 9.54. The van der Waals surface area contributed by atoms with Gasteiger partial charge in [0.25, 0.3) is 0 Å². The Morgan fingerprint density at radius 2 is 1.63 bits per heavy atom. The lowest BCUT2D eigenvalue weighted by Gasteiger charge is -2.16. The number of ether oxygens (including phenoxy) is 1. The molecule has 0 aromatic heterocycles. The molecule has 5 nitrogen and oxygen atoms in total. The molecule has 0 aliphatic rings. The number of amides is 1. The molecular formula is C22H30N2O3. The summed E-state index contributed by atoms with van der Waals surface area (Å²) < 4.78 is 5.84. The van der Waals surface area contributed by atoms with E-state index in [1.54, 1.807) is 24.3 Å². The molecule has 0 saturated carbocycles. The van der Waals surface area contributed by atoms with Crippen LogP contribution < -0.4 is 15.8 Å². The highest BCUT2D eigenvalue weighted by atomic mass is 16.5. The van der Waals surface area contributed by atoms with E-state index in [1.807, 2.05) is 24.3 Å². The zero-order chi connectivity index (χ0) is 19.6. The average Bonchev–Trinajstić information content (AvgIpc) is 2.68. The third-order valence-corrected chi connectivity index (χ3v) is 4.84. The topological polar surface area (TPSA) is 84.6 Å². The van der Waals surface area contributed by atoms with Crippen molar-refractivity contribution in [1.29, 1.82) is 0 Å². The van der Waals surface area contributed by atoms with Crippen LogP contribution in [0, 0.1) is 5.92 Å². The Labute approximate surface area is 161 Å². The van der Waals surface area contributed by atoms with E-state index in [0.29, 0.717) is 18.9 Å². The van der Waals surface area contributed by atoms with Gasteiger partial charge in [0.15, 0.2) is 0 Å². The van der Waals surface area contributed by atoms with Crippen LogP contribution in [0.15, 0.2) is 48.5 Å². The van der Waals surface area contributed by atoms with E-state index in [2.05, 4.69) is 19.2 Å². The molecule has 0 aliphatic carbocycles. The van der Waals surface area contributed by atoms with E-state index >= 15 is 0 Å². The van der Waals surface area contributed by atoms with Crippen molar-refractivity contribution in [2.75, 3.05) is 6.61 Å². The fraction of sp³-hybridized carbons (Fsp3) is 0.409. The van der Waals surface area contributed by atoms with Crippen molar-refractivity contribution in [3.8, 4) is 11.5 Å². The molecule has 0 aliphatic heterocycles. The van der Waals surface area contributed by atoms with E-state index in [4.69, 9.17) is 10.5 Å². The highest BCUT2D eigenvalue weighted by Gasteiger charge is 2.15. The molecule has 1 amide bonds. The summed E-state index contributed by atoms with van der Waals surface area (Å²) in [7, 11) is 0. The molecule has 5 heteroatoms. The monoisotopic (exact) mass is 370 g/mol. The van der Waals surface area contributed by atoms with Gasteiger partial charge in [-0.2, -0.15) is 0 Å². The Morgan fingerprint density at radius 1 is 1.04 bits per heavy atom. The Balaban J connectivity index is 1.87. The molecule has 0 radical (unpaired) electrons. The van der Waals surface area contributed by atoms with Crippen molar-refractivity contribution in [2.24, 2.45) is 11.7 Å². The van der Waals surface area contributed by atoms with E-state index < -0.39 is 11.9 Å². The quantitative estimate of drug-likeness (QED) is 0.566. The van der Waals surface area contributed by atoms with E-state index in [-0.39, 0.29) is 5.75 Å². The maximum atomic E-state index is 11.7. The van der Waals surface area contributed by atoms with Crippen molar-refractivity contribution >= 4 is 5.91 Å². The summed E-state index contributed by atoms with van der Waals surface area (Å²) >= 11 is 0. The van der Waals surface area contributed by atoms with Crippen molar-refractivity contribution in [2.45, 2.75) is 45.7 Å². The van der Waals surface area contributed by atoms with Crippen LogP contribution in [0.2, 0.25) is 0 Å². The van der Waals surface area contributed by atoms with E-state index in [0.717, 1.165) is 36.3 Å². The van der Waals surface area contributed by atoms with E-state index in [9.17, 15) is 9.90 Å². The van der Waals surface area contributed by atoms with Crippen LogP contribution in [0.1, 0.15) is 37.8 Å². The molecule has 4 N–H and O–H groups in total. The molecular weight excluding hydrogens is 340 g/mol. The van der Waals surface area contributed by atoms with Gasteiger partial charge in [-0.1, -0.05) is 51.0 Å². The number of benzene rings is 2. The van der Waals surface area contributed by atoms with Crippen molar-refractivity contribution in [3.05, 3.63) is 59.7 Å². The van der Waals surface area contributed by atoms with Crippen LogP contribution in [0.3, 0.4) is 0 Å². The number of carbonyl (C=O) groups excluding carboxylic acids is 1. The molecule has 27 heavy (non-hydrogen) atoms. The number of phenolic OH excluding ortho intramolecular Hbond substituents is 1. The average molecular weight is 370 g/mol. The normalized spacial score (nSPS) is 12.1. The summed E-state index contributed by atoms with van der Waals surface area (Å²) in [5.74, 6) is 1.26. The lowest BCUT2D eigenvalue weighted by molar-refractivity contribution is -0.120. The van der Waals surface area contributed by atoms with Crippen LogP contribution in [0.25, 0.3) is 0 Å². The van der Waals surface area contributed by atoms with Crippen LogP contribution in [-0.4, -0.2) is 23.7 Å². The maximum Gasteiger partial charge on any atom is 0.234 e. The van der Waals surface area contributed by atoms with Gasteiger partial charge in [-0.3, -0.25) is 4.79 Å². The van der Waals surface area contributed by atoms with Gasteiger partial charge < -0.3 is 20.9 Å². The number of phenols is 1. The summed E-state index contributed by atoms with van der Waals surface area (Å²) in [6, 6.07) is 14.2. The second-order valence-corrected chi connectivity index (χ2v) is 6.84. The smallest absolute Gasteiger partial charge is 0.234 e. The molecule has 0 spiro atoms. The first kappa shape index (κ1) is 20.8. The first-order chi connectivity index (χ1) is 13.0. The fourth-order valence-corrected chi connectivity index (χ4v) is 2.82. The SMILES string of the molecule is CCC(CC)COc1ccc(CNC(Cc2ccc(O)cc2)C(N)=O)cc1. The predicted molar refractivity (Wildman–Crippen MR) is 108 cm³/mol. The van der Waals surface area contributed by atoms with Crippen molar-refractivity contribution in [3.63, 3.8) is 0 Å². The second kappa shape index (κ2) is 10.6. The van der Waals surface area contributed by atoms with Gasteiger partial charge in [-0.15, -0.1) is 0 Å². The molecule has 0 bridgehead atoms. The summed E-state index contributed by atoms with van der Waals surface area (Å²) in [6.07, 6.45) is 2.72. The van der Waals surface area contributed by atoms with Gasteiger partial charge in [0.2, 0.25) is 5.91 Å². The minimum absolute atomic E-state index is 0.203. The lowest BCUT2D eigenvalue weighted by Crippen LogP contribution is -2.42. The minimum atomic E-state index is -0.472. The number of hydrogen-bond donors (Lipinski definition) is 3. The number of aromatic hydroxyl groups is 1. The highest BCUT2D eigenvalue weighted by Crippen LogP contribution is 2.16. The van der Waals surface area contributed by atoms with Gasteiger partial charge in [0.05, 0.1) is 12.6 Å². The third kappa shape index (κ3) is 6.94. The number of carbonyl (C=O) groups is 1. The van der Waals surface area contributed by atoms with Gasteiger partial charge in [-0.05, 0) is 47.7 Å². The fourth-order valence-electron chi connectivity index (χ4n) is 2.82. The molecule has 2 aromatic rings. The number of rotatable bonds is 11. The standard InChI is InChI=1S/C22H30N2O3/c1-3-16(4-2)15-27-20-11-7-18(8-12-20)14-24-21(22(23)26)13-17-5-9-19(25)10-6-17/h5-12,16,21,24-25H,3-4,13-15H2,1-2H3,(H2,23,26). The molecule has 2 rings (SSSR count). The van der Waals surface area contributed by atoms with E-state index in [1.165, 1.54) is 0 Å². The lowest BCUT2D eigenvalue weighted by atomic mass is 10.0. The molecule has 1 atom stereocenters. The van der Waals surface area contributed by atoms with Gasteiger partial charge in [0.1, 0.15) is 11.5 Å². The van der Waals surface area contributed by atoms with Crippen LogP contribution in [0.4, 0.5) is 0 Å². The van der Waals surface area contributed by atoms with Gasteiger partial charge >= 0.3 is 0 Å². The molecule has 1 unspecified atom stereocenters. The Kier molecular flexibility index (Phi) is 8.14. The predicted octanol–water partition coefficient (Wildman–Crippen LogP) is 3.39. The largest absolute Gasteiger partial charge is 0.508 e. The summed E-state index contributed by atoms with van der Waals surface area (Å²) in [5.41, 5.74) is 7.52. The third-order valence-electron chi connectivity index (χ3n) is 4.84. The molecule has 0 saturated heterocycles. The number of hydrogen-bond acceptors (Lipinski definition) is 4. The van der Waals surface area contributed by atoms with Crippen LogP contribution in [0.5, 0.6) is 11.5 Å². The first-order valence-electron chi connectivity index (χ1n) is 9.54. The van der Waals surface area contributed by atoms with Crippen LogP contribution >= 0.6 is 0 Å². The zero-order valence-electron chi connectivity index (χ0n) is 16.2. The maximum absolute atomic E-state index is 11.7. The Hall–Kier alpha value is -2.53. The number of primary amides is 1. The second-order valence-electron chi connectivity index (χ2n) is 6.84. The van der Waals surface area contributed by atoms with Crippen molar-refractivity contribution in [1.82, 2.24) is 5.32 Å². The summed E-state index contributed by atoms with van der Waals surface area (Å²) in [4.78, 5) is 11.7. The number of nitrogens with two attached hydrogens (primary N) is 1. The van der Waals surface area contributed by atoms with Crippen LogP contribution in [-0.2, 0) is 17.8 Å². The molecule has 146 valence electrons. The summed E-state index contributed by atoms with van der Waals surface area (Å²) in [6.45, 7) is 5.64. The molecule has 0 heterocycles. The molecule has 2 aromatic carbocycles. The number of nitrogens with one attached hydrogen (secondary N) is 1. The highest BCUT2D eigenvalue weighted by molar-refractivity contribution is 5.80. The van der Waals surface area contributed by atoms with Gasteiger partial charge in [-0.25, -0.2) is 0 Å². The Morgan fingerprint density at radius 3 is 2.19 bits per heavy atom. The Bertz CT molecular complexity index is 695.